The van der Waals surface area contributed by atoms with Crippen LogP contribution in [0.25, 0.3) is 0 Å². The van der Waals surface area contributed by atoms with Crippen LogP contribution >= 0.6 is 22.9 Å². The summed E-state index contributed by atoms with van der Waals surface area (Å²) in [5, 5.41) is 0. The zero-order chi connectivity index (χ0) is 12.7. The average Bonchev–Trinajstić information content (AvgIpc) is 2.57. The van der Waals surface area contributed by atoms with Crippen LogP contribution in [-0.4, -0.2) is 10.1 Å². The molecular formula is C9H10ClNO4S2. The Kier molecular flexibility index (Phi) is 3.43. The van der Waals surface area contributed by atoms with Crippen molar-refractivity contribution < 1.29 is 28.0 Å². The van der Waals surface area contributed by atoms with Gasteiger partial charge in [-0.25, -0.2) is 4.99 Å². The third-order valence-corrected chi connectivity index (χ3v) is 7.10. The molecular weight excluding hydrogens is 286 g/mol. The number of benzene rings is 1. The summed E-state index contributed by atoms with van der Waals surface area (Å²) < 4.78 is 36.7. The summed E-state index contributed by atoms with van der Waals surface area (Å²) in [6, 6.07) is 6.95. The zero-order valence-electron chi connectivity index (χ0n) is 8.78. The van der Waals surface area contributed by atoms with Crippen molar-refractivity contribution >= 4 is 34.2 Å². The molecule has 1 aliphatic heterocycles. The minimum Gasteiger partial charge on any atom is -0.247 e. The molecule has 2 unspecified atom stereocenters. The summed E-state index contributed by atoms with van der Waals surface area (Å²) in [5.74, 6) is 0. The summed E-state index contributed by atoms with van der Waals surface area (Å²) >= 11 is 4.23. The Bertz CT molecular complexity index is 463. The molecule has 0 bridgehead atoms. The van der Waals surface area contributed by atoms with Gasteiger partial charge in [0.1, 0.15) is 3.74 Å². The van der Waals surface area contributed by atoms with E-state index in [0.29, 0.717) is 10.6 Å². The first-order valence-corrected chi connectivity index (χ1v) is 8.04. The SMILES string of the molecule is CC(S)S1(O[Cl+3]([O-])([O-])[O-])C=Nc2ccccc21. The van der Waals surface area contributed by atoms with E-state index < -0.39 is 25.1 Å². The van der Waals surface area contributed by atoms with E-state index in [1.807, 2.05) is 0 Å². The van der Waals surface area contributed by atoms with Crippen LogP contribution in [0.15, 0.2) is 34.2 Å². The first-order chi connectivity index (χ1) is 7.85. The lowest BCUT2D eigenvalue weighted by Gasteiger charge is -2.30. The fraction of sp³-hybridized carbons (Fsp3) is 0.222. The molecule has 0 aromatic heterocycles. The van der Waals surface area contributed by atoms with Gasteiger partial charge in [-0.3, -0.25) is 0 Å². The van der Waals surface area contributed by atoms with E-state index in [4.69, 9.17) is 3.74 Å². The van der Waals surface area contributed by atoms with Gasteiger partial charge in [0, 0.05) is 0 Å². The number of hydrogen-bond donors (Lipinski definition) is 1. The van der Waals surface area contributed by atoms with E-state index in [-0.39, 0.29) is 0 Å². The quantitative estimate of drug-likeness (QED) is 0.770. The number of fused-ring (bicyclic) bond motifs is 1. The van der Waals surface area contributed by atoms with Gasteiger partial charge >= 0.3 is 0 Å². The van der Waals surface area contributed by atoms with E-state index in [1.165, 1.54) is 5.55 Å². The number of para-hydroxylation sites is 1. The van der Waals surface area contributed by atoms with E-state index in [2.05, 4.69) is 17.6 Å². The predicted molar refractivity (Wildman–Crippen MR) is 60.0 cm³/mol. The van der Waals surface area contributed by atoms with Crippen LogP contribution in [0.5, 0.6) is 0 Å². The fourth-order valence-corrected chi connectivity index (χ4v) is 5.83. The van der Waals surface area contributed by atoms with Crippen LogP contribution in [-0.2, 0) is 3.74 Å². The lowest BCUT2D eigenvalue weighted by molar-refractivity contribution is -1.91. The normalized spacial score (nSPS) is 28.5. The van der Waals surface area contributed by atoms with Gasteiger partial charge in [-0.05, 0) is 19.1 Å². The Hall–Kier alpha value is -0.280. The van der Waals surface area contributed by atoms with Gasteiger partial charge in [-0.15, -0.1) is 0 Å². The van der Waals surface area contributed by atoms with Gasteiger partial charge in [-0.1, -0.05) is 12.1 Å². The number of aliphatic imine (C=N–C) groups is 1. The summed E-state index contributed by atoms with van der Waals surface area (Å²) in [6.45, 7) is 1.67. The summed E-state index contributed by atoms with van der Waals surface area (Å²) in [5.41, 5.74) is 2.00. The molecule has 0 spiro atoms. The minimum absolute atomic E-state index is 0.453. The van der Waals surface area contributed by atoms with Gasteiger partial charge < -0.3 is 0 Å². The van der Waals surface area contributed by atoms with Crippen LogP contribution in [0.4, 0.5) is 5.69 Å². The Morgan fingerprint density at radius 1 is 1.35 bits per heavy atom. The third kappa shape index (κ3) is 2.45. The molecule has 5 nitrogen and oxygen atoms in total. The maximum Gasteiger partial charge on any atom is 0.132 e. The van der Waals surface area contributed by atoms with Crippen molar-refractivity contribution in [1.29, 1.82) is 0 Å². The van der Waals surface area contributed by atoms with Crippen molar-refractivity contribution in [1.82, 2.24) is 0 Å². The number of hydrogen-bond acceptors (Lipinski definition) is 6. The highest BCUT2D eigenvalue weighted by atomic mass is 35.7. The first-order valence-electron chi connectivity index (χ1n) is 4.60. The van der Waals surface area contributed by atoms with Gasteiger partial charge in [0.05, 0.1) is 41.3 Å². The molecule has 0 fully saturated rings. The predicted octanol–water partition coefficient (Wildman–Crippen LogP) is -0.372. The zero-order valence-corrected chi connectivity index (χ0v) is 11.2. The lowest BCUT2D eigenvalue weighted by Crippen LogP contribution is -2.61. The van der Waals surface area contributed by atoms with Crippen molar-refractivity contribution in [2.45, 2.75) is 16.4 Å². The highest BCUT2D eigenvalue weighted by Gasteiger charge is 2.48. The molecule has 94 valence electrons. The molecule has 0 amide bonds. The molecule has 0 saturated heterocycles. The molecule has 17 heavy (non-hydrogen) atoms. The second-order valence-electron chi connectivity index (χ2n) is 3.39. The maximum atomic E-state index is 10.8. The topological polar surface area (TPSA) is 90.8 Å². The van der Waals surface area contributed by atoms with Crippen molar-refractivity contribution in [3.8, 4) is 0 Å². The van der Waals surface area contributed by atoms with Gasteiger partial charge in [0.15, 0.2) is 0 Å². The van der Waals surface area contributed by atoms with Crippen LogP contribution in [0.3, 0.4) is 0 Å². The maximum absolute atomic E-state index is 10.8. The van der Waals surface area contributed by atoms with Crippen LogP contribution in [0.2, 0.25) is 0 Å². The van der Waals surface area contributed by atoms with E-state index >= 15 is 0 Å². The molecule has 2 atom stereocenters. The van der Waals surface area contributed by atoms with Crippen LogP contribution in [0, 0.1) is 10.2 Å². The molecule has 0 aliphatic carbocycles. The summed E-state index contributed by atoms with van der Waals surface area (Å²) in [7, 11) is -6.96. The standard InChI is InChI=1S/C9H10ClNO4S2/c1-7(16)17(15-10(12,13)14)6-11-8-4-2-3-5-9(8)17/h2-7,16H,1H3. The third-order valence-electron chi connectivity index (χ3n) is 2.25. The number of thiol groups is 1. The monoisotopic (exact) mass is 295 g/mol. The molecule has 1 aromatic rings. The molecule has 0 N–H and O–H groups in total. The van der Waals surface area contributed by atoms with Crippen molar-refractivity contribution in [3.05, 3.63) is 24.3 Å². The van der Waals surface area contributed by atoms with Crippen molar-refractivity contribution in [2.24, 2.45) is 4.99 Å². The van der Waals surface area contributed by atoms with Crippen molar-refractivity contribution in [3.63, 3.8) is 0 Å². The Morgan fingerprint density at radius 3 is 2.59 bits per heavy atom. The van der Waals surface area contributed by atoms with Gasteiger partial charge in [0.25, 0.3) is 0 Å². The Labute approximate surface area is 108 Å². The average molecular weight is 296 g/mol. The smallest absolute Gasteiger partial charge is 0.132 e. The molecule has 1 heterocycles. The minimum atomic E-state index is -4.52. The molecule has 0 saturated carbocycles. The highest BCUT2D eigenvalue weighted by Crippen LogP contribution is 2.66. The van der Waals surface area contributed by atoms with Crippen LogP contribution in [0.1, 0.15) is 6.92 Å². The molecule has 0 radical (unpaired) electrons. The van der Waals surface area contributed by atoms with Crippen LogP contribution < -0.4 is 14.0 Å². The summed E-state index contributed by atoms with van der Waals surface area (Å²) in [4.78, 5) is 4.69. The number of nitrogens with zero attached hydrogens (tertiary/aromatic N) is 1. The fourth-order valence-electron chi connectivity index (χ4n) is 1.53. The second kappa shape index (κ2) is 4.43. The molecule has 1 aromatic carbocycles. The highest BCUT2D eigenvalue weighted by molar-refractivity contribution is 8.44. The second-order valence-corrected chi connectivity index (χ2v) is 8.43. The van der Waals surface area contributed by atoms with E-state index in [0.717, 1.165) is 0 Å². The molecule has 8 heteroatoms. The Morgan fingerprint density at radius 2 is 2.00 bits per heavy atom. The van der Waals surface area contributed by atoms with Gasteiger partial charge in [-0.2, -0.15) is 26.6 Å². The van der Waals surface area contributed by atoms with E-state index in [9.17, 15) is 14.0 Å². The number of halogens is 1. The lowest BCUT2D eigenvalue weighted by atomic mass is 10.3. The summed E-state index contributed by atoms with van der Waals surface area (Å²) in [6.07, 6.45) is 0. The van der Waals surface area contributed by atoms with Gasteiger partial charge in [0.2, 0.25) is 0 Å². The largest absolute Gasteiger partial charge is 0.247 e. The molecule has 2 rings (SSSR count). The number of rotatable bonds is 3. The van der Waals surface area contributed by atoms with Crippen molar-refractivity contribution in [2.75, 3.05) is 0 Å². The Balaban J connectivity index is 2.49. The molecule has 1 aliphatic rings. The van der Waals surface area contributed by atoms with E-state index in [1.54, 1.807) is 31.2 Å². The first kappa shape index (κ1) is 13.2.